The van der Waals surface area contributed by atoms with Gasteiger partial charge in [0.1, 0.15) is 23.7 Å². The number of rotatable bonds is 6. The van der Waals surface area contributed by atoms with Crippen LogP contribution in [0.2, 0.25) is 0 Å². The van der Waals surface area contributed by atoms with E-state index in [9.17, 15) is 9.59 Å². The lowest BCUT2D eigenvalue weighted by Gasteiger charge is -2.18. The first kappa shape index (κ1) is 19.4. The van der Waals surface area contributed by atoms with E-state index in [1.165, 1.54) is 0 Å². The number of ether oxygens (including phenoxy) is 3. The Bertz CT molecular complexity index is 873. The van der Waals surface area contributed by atoms with Crippen LogP contribution in [0.15, 0.2) is 54.6 Å². The number of nitrogens with one attached hydrogen (secondary N) is 2. The molecule has 2 aliphatic heterocycles. The molecule has 0 bridgehead atoms. The molecule has 0 saturated carbocycles. The van der Waals surface area contributed by atoms with Crippen molar-refractivity contribution in [2.24, 2.45) is 0 Å². The minimum atomic E-state index is -0.273. The van der Waals surface area contributed by atoms with Crippen molar-refractivity contribution in [1.29, 1.82) is 0 Å². The van der Waals surface area contributed by atoms with Crippen LogP contribution in [0.5, 0.6) is 11.5 Å². The van der Waals surface area contributed by atoms with Gasteiger partial charge in [-0.3, -0.25) is 9.59 Å². The SMILES string of the molecule is CCC(=O)N[C@H]1CO[C@H]2[C@@H]1OC[C@@H]2NC(=O)c1cccc(Oc2ccccc2)c1. The highest BCUT2D eigenvalue weighted by Gasteiger charge is 2.48. The summed E-state index contributed by atoms with van der Waals surface area (Å²) in [6, 6.07) is 16.0. The van der Waals surface area contributed by atoms with Crippen LogP contribution < -0.4 is 15.4 Å². The Labute approximate surface area is 169 Å². The molecule has 29 heavy (non-hydrogen) atoms. The van der Waals surface area contributed by atoms with Crippen LogP contribution in [-0.2, 0) is 14.3 Å². The third-order valence-corrected chi connectivity index (χ3v) is 5.11. The first-order valence-corrected chi connectivity index (χ1v) is 9.80. The van der Waals surface area contributed by atoms with Gasteiger partial charge in [-0.2, -0.15) is 0 Å². The molecule has 0 unspecified atom stereocenters. The van der Waals surface area contributed by atoms with Crippen LogP contribution >= 0.6 is 0 Å². The van der Waals surface area contributed by atoms with Crippen LogP contribution in [0, 0.1) is 0 Å². The molecule has 7 nitrogen and oxygen atoms in total. The number of benzene rings is 2. The van der Waals surface area contributed by atoms with Crippen molar-refractivity contribution in [2.75, 3.05) is 13.2 Å². The molecule has 2 fully saturated rings. The summed E-state index contributed by atoms with van der Waals surface area (Å²) in [5, 5.41) is 5.91. The first-order chi connectivity index (χ1) is 14.1. The maximum absolute atomic E-state index is 12.8. The average molecular weight is 396 g/mol. The van der Waals surface area contributed by atoms with E-state index in [4.69, 9.17) is 14.2 Å². The molecule has 2 aliphatic rings. The number of hydrogen-bond acceptors (Lipinski definition) is 5. The van der Waals surface area contributed by atoms with Crippen molar-refractivity contribution in [1.82, 2.24) is 10.6 Å². The van der Waals surface area contributed by atoms with E-state index in [1.54, 1.807) is 31.2 Å². The number of carbonyl (C=O) groups is 2. The van der Waals surface area contributed by atoms with Gasteiger partial charge in [0.25, 0.3) is 5.91 Å². The Hall–Kier alpha value is -2.90. The third kappa shape index (κ3) is 4.41. The maximum atomic E-state index is 12.8. The standard InChI is InChI=1S/C22H24N2O5/c1-2-19(25)23-17-12-27-21-18(13-28-20(17)21)24-22(26)14-7-6-10-16(11-14)29-15-8-4-3-5-9-15/h3-11,17-18,20-21H,2,12-13H2,1H3,(H,23,25)(H,24,26)/t17-,18-,20+,21+/m0/s1. The predicted octanol–water partition coefficient (Wildman–Crippen LogP) is 2.27. The van der Waals surface area contributed by atoms with E-state index in [0.29, 0.717) is 36.7 Å². The zero-order valence-corrected chi connectivity index (χ0v) is 16.2. The minimum absolute atomic E-state index is 0.0365. The summed E-state index contributed by atoms with van der Waals surface area (Å²) in [6.07, 6.45) is -0.108. The molecule has 4 atom stereocenters. The summed E-state index contributed by atoms with van der Waals surface area (Å²) < 4.78 is 17.4. The Morgan fingerprint density at radius 1 is 0.931 bits per heavy atom. The van der Waals surface area contributed by atoms with Crippen LogP contribution in [-0.4, -0.2) is 49.3 Å². The molecule has 0 spiro atoms. The minimum Gasteiger partial charge on any atom is -0.457 e. The molecule has 2 aromatic rings. The summed E-state index contributed by atoms with van der Waals surface area (Å²) in [6.45, 7) is 2.53. The normalized spacial score (nSPS) is 25.3. The summed E-state index contributed by atoms with van der Waals surface area (Å²) in [5.74, 6) is 1.04. The molecule has 2 heterocycles. The zero-order valence-electron chi connectivity index (χ0n) is 16.2. The summed E-state index contributed by atoms with van der Waals surface area (Å²) in [4.78, 5) is 24.4. The van der Waals surface area contributed by atoms with Gasteiger partial charge in [0.2, 0.25) is 5.91 Å². The molecular formula is C22H24N2O5. The van der Waals surface area contributed by atoms with Crippen molar-refractivity contribution >= 4 is 11.8 Å². The van der Waals surface area contributed by atoms with Gasteiger partial charge >= 0.3 is 0 Å². The van der Waals surface area contributed by atoms with Gasteiger partial charge in [-0.05, 0) is 30.3 Å². The van der Waals surface area contributed by atoms with E-state index < -0.39 is 0 Å². The van der Waals surface area contributed by atoms with Crippen molar-refractivity contribution in [3.8, 4) is 11.5 Å². The Morgan fingerprint density at radius 3 is 2.28 bits per heavy atom. The number of fused-ring (bicyclic) bond motifs is 1. The summed E-state index contributed by atoms with van der Waals surface area (Å²) >= 11 is 0. The quantitative estimate of drug-likeness (QED) is 0.782. The van der Waals surface area contributed by atoms with Crippen molar-refractivity contribution in [2.45, 2.75) is 37.6 Å². The number of carbonyl (C=O) groups excluding carboxylic acids is 2. The van der Waals surface area contributed by atoms with Crippen LogP contribution in [0.3, 0.4) is 0 Å². The fourth-order valence-corrected chi connectivity index (χ4v) is 3.63. The van der Waals surface area contributed by atoms with E-state index in [-0.39, 0.29) is 36.1 Å². The van der Waals surface area contributed by atoms with Crippen LogP contribution in [0.25, 0.3) is 0 Å². The second-order valence-corrected chi connectivity index (χ2v) is 7.15. The largest absolute Gasteiger partial charge is 0.457 e. The molecule has 0 radical (unpaired) electrons. The topological polar surface area (TPSA) is 85.9 Å². The van der Waals surface area contributed by atoms with Crippen molar-refractivity contribution in [3.05, 3.63) is 60.2 Å². The van der Waals surface area contributed by atoms with Gasteiger partial charge < -0.3 is 24.8 Å². The van der Waals surface area contributed by atoms with E-state index in [2.05, 4.69) is 10.6 Å². The highest BCUT2D eigenvalue weighted by molar-refractivity contribution is 5.94. The Morgan fingerprint density at radius 2 is 1.59 bits per heavy atom. The van der Waals surface area contributed by atoms with Gasteiger partial charge in [0.05, 0.1) is 25.3 Å². The molecule has 7 heteroatoms. The molecule has 2 amide bonds. The molecule has 152 valence electrons. The Balaban J connectivity index is 1.38. The smallest absolute Gasteiger partial charge is 0.251 e. The highest BCUT2D eigenvalue weighted by atomic mass is 16.6. The van der Waals surface area contributed by atoms with E-state index >= 15 is 0 Å². The number of amides is 2. The molecule has 0 aliphatic carbocycles. The lowest BCUT2D eigenvalue weighted by Crippen LogP contribution is -2.46. The third-order valence-electron chi connectivity index (χ3n) is 5.11. The Kier molecular flexibility index (Phi) is 5.78. The monoisotopic (exact) mass is 396 g/mol. The van der Waals surface area contributed by atoms with Gasteiger partial charge in [0.15, 0.2) is 0 Å². The van der Waals surface area contributed by atoms with E-state index in [0.717, 1.165) is 0 Å². The summed E-state index contributed by atoms with van der Waals surface area (Å²) in [5.41, 5.74) is 0.496. The zero-order chi connectivity index (χ0) is 20.2. The molecule has 2 aromatic carbocycles. The number of hydrogen-bond donors (Lipinski definition) is 2. The van der Waals surface area contributed by atoms with Gasteiger partial charge in [-0.1, -0.05) is 31.2 Å². The summed E-state index contributed by atoms with van der Waals surface area (Å²) in [7, 11) is 0. The molecular weight excluding hydrogens is 372 g/mol. The molecule has 2 N–H and O–H groups in total. The maximum Gasteiger partial charge on any atom is 0.251 e. The fraction of sp³-hybridized carbons (Fsp3) is 0.364. The lowest BCUT2D eigenvalue weighted by molar-refractivity contribution is -0.122. The van der Waals surface area contributed by atoms with Crippen LogP contribution in [0.4, 0.5) is 0 Å². The average Bonchev–Trinajstić information content (AvgIpc) is 3.32. The highest BCUT2D eigenvalue weighted by Crippen LogP contribution is 2.28. The second-order valence-electron chi connectivity index (χ2n) is 7.15. The lowest BCUT2D eigenvalue weighted by atomic mass is 10.1. The predicted molar refractivity (Wildman–Crippen MR) is 106 cm³/mol. The van der Waals surface area contributed by atoms with Gasteiger partial charge in [-0.25, -0.2) is 0 Å². The fourth-order valence-electron chi connectivity index (χ4n) is 3.63. The van der Waals surface area contributed by atoms with Gasteiger partial charge in [0, 0.05) is 12.0 Å². The second kappa shape index (κ2) is 8.63. The van der Waals surface area contributed by atoms with E-state index in [1.807, 2.05) is 30.3 Å². The first-order valence-electron chi connectivity index (χ1n) is 9.80. The van der Waals surface area contributed by atoms with Gasteiger partial charge in [-0.15, -0.1) is 0 Å². The molecule has 0 aromatic heterocycles. The molecule has 4 rings (SSSR count). The van der Waals surface area contributed by atoms with Crippen LogP contribution in [0.1, 0.15) is 23.7 Å². The van der Waals surface area contributed by atoms with Crippen molar-refractivity contribution < 1.29 is 23.8 Å². The number of para-hydroxylation sites is 1. The molecule has 2 saturated heterocycles. The van der Waals surface area contributed by atoms with Crippen molar-refractivity contribution in [3.63, 3.8) is 0 Å².